The summed E-state index contributed by atoms with van der Waals surface area (Å²) in [6.07, 6.45) is 1.62. The number of carbonyl (C=O) groups excluding carboxylic acids is 2. The fourth-order valence-corrected chi connectivity index (χ4v) is 4.92. The van der Waals surface area contributed by atoms with Crippen LogP contribution in [0.4, 0.5) is 5.69 Å². The fraction of sp³-hybridized carbons (Fsp3) is 0.263. The van der Waals surface area contributed by atoms with Gasteiger partial charge in [-0.25, -0.2) is 13.2 Å². The van der Waals surface area contributed by atoms with Crippen LogP contribution in [0.2, 0.25) is 10.0 Å². The van der Waals surface area contributed by atoms with Crippen molar-refractivity contribution in [3.63, 3.8) is 0 Å². The van der Waals surface area contributed by atoms with Crippen LogP contribution in [0.15, 0.2) is 47.4 Å². The van der Waals surface area contributed by atoms with Gasteiger partial charge in [-0.15, -0.1) is 0 Å². The summed E-state index contributed by atoms with van der Waals surface area (Å²) in [5, 5.41) is 2.97. The van der Waals surface area contributed by atoms with Gasteiger partial charge in [0.2, 0.25) is 10.0 Å². The highest BCUT2D eigenvalue weighted by molar-refractivity contribution is 7.89. The van der Waals surface area contributed by atoms with Gasteiger partial charge in [-0.1, -0.05) is 35.3 Å². The van der Waals surface area contributed by atoms with Gasteiger partial charge in [-0.2, -0.15) is 4.31 Å². The molecule has 2 aromatic carbocycles. The van der Waals surface area contributed by atoms with Crippen molar-refractivity contribution in [2.75, 3.05) is 25.0 Å². The molecule has 29 heavy (non-hydrogen) atoms. The molecule has 1 aliphatic heterocycles. The van der Waals surface area contributed by atoms with Gasteiger partial charge < -0.3 is 10.1 Å². The standard InChI is InChI=1S/C19H18Cl2N2O5S/c20-15-7-4-8-16(21)18(15)22-17(24)12-28-19(25)13-5-3-6-14(11-13)29(26,27)23-9-1-2-10-23/h3-8,11H,1-2,9-10,12H2,(H,22,24). The first-order valence-corrected chi connectivity index (χ1v) is 11.0. The van der Waals surface area contributed by atoms with Crippen LogP contribution in [0.5, 0.6) is 0 Å². The Hall–Kier alpha value is -2.13. The Kier molecular flexibility index (Phi) is 6.79. The first kappa shape index (κ1) is 21.6. The normalized spacial score (nSPS) is 14.6. The molecule has 1 amide bonds. The van der Waals surface area contributed by atoms with Crippen LogP contribution in [-0.2, 0) is 19.6 Å². The van der Waals surface area contributed by atoms with E-state index in [-0.39, 0.29) is 26.2 Å². The van der Waals surface area contributed by atoms with Crippen LogP contribution in [0.3, 0.4) is 0 Å². The summed E-state index contributed by atoms with van der Waals surface area (Å²) in [5.41, 5.74) is 0.254. The molecule has 1 heterocycles. The Morgan fingerprint density at radius 1 is 1.03 bits per heavy atom. The van der Waals surface area contributed by atoms with Gasteiger partial charge in [0.05, 0.1) is 26.2 Å². The van der Waals surface area contributed by atoms with E-state index in [4.69, 9.17) is 27.9 Å². The lowest BCUT2D eigenvalue weighted by atomic mass is 10.2. The maximum Gasteiger partial charge on any atom is 0.338 e. The molecule has 0 unspecified atom stereocenters. The van der Waals surface area contributed by atoms with Gasteiger partial charge in [0.25, 0.3) is 5.91 Å². The van der Waals surface area contributed by atoms with Crippen molar-refractivity contribution in [3.8, 4) is 0 Å². The number of nitrogens with zero attached hydrogens (tertiary/aromatic N) is 1. The lowest BCUT2D eigenvalue weighted by Gasteiger charge is -2.15. The molecule has 0 radical (unpaired) electrons. The molecule has 0 spiro atoms. The maximum atomic E-state index is 12.6. The topological polar surface area (TPSA) is 92.8 Å². The van der Waals surface area contributed by atoms with E-state index in [1.165, 1.54) is 28.6 Å². The van der Waals surface area contributed by atoms with E-state index in [0.29, 0.717) is 13.1 Å². The maximum absolute atomic E-state index is 12.6. The minimum atomic E-state index is -3.66. The molecule has 10 heteroatoms. The summed E-state index contributed by atoms with van der Waals surface area (Å²) in [5.74, 6) is -1.45. The third-order valence-electron chi connectivity index (χ3n) is 4.33. The SMILES string of the molecule is O=C(COC(=O)c1cccc(S(=O)(=O)N2CCCC2)c1)Nc1c(Cl)cccc1Cl. The van der Waals surface area contributed by atoms with Crippen molar-refractivity contribution in [2.45, 2.75) is 17.7 Å². The number of para-hydroxylation sites is 1. The Labute approximate surface area is 178 Å². The molecule has 3 rings (SSSR count). The quantitative estimate of drug-likeness (QED) is 0.670. The van der Waals surface area contributed by atoms with E-state index >= 15 is 0 Å². The molecule has 0 saturated carbocycles. The number of carbonyl (C=O) groups is 2. The van der Waals surface area contributed by atoms with E-state index in [2.05, 4.69) is 5.32 Å². The van der Waals surface area contributed by atoms with Crippen LogP contribution in [-0.4, -0.2) is 44.3 Å². The Bertz CT molecular complexity index is 1020. The van der Waals surface area contributed by atoms with Gasteiger partial charge in [0.15, 0.2) is 6.61 Å². The van der Waals surface area contributed by atoms with E-state index in [0.717, 1.165) is 12.8 Å². The van der Waals surface area contributed by atoms with Crippen molar-refractivity contribution < 1.29 is 22.7 Å². The zero-order valence-electron chi connectivity index (χ0n) is 15.2. The smallest absolute Gasteiger partial charge is 0.338 e. The molecule has 0 atom stereocenters. The third kappa shape index (κ3) is 5.08. The zero-order chi connectivity index (χ0) is 21.0. The summed E-state index contributed by atoms with van der Waals surface area (Å²) in [4.78, 5) is 24.3. The van der Waals surface area contributed by atoms with E-state index < -0.39 is 28.5 Å². The molecule has 0 aromatic heterocycles. The van der Waals surface area contributed by atoms with Gasteiger partial charge in [-0.05, 0) is 43.2 Å². The minimum absolute atomic E-state index is 0.0150. The number of amides is 1. The molecule has 154 valence electrons. The molecule has 1 fully saturated rings. The lowest BCUT2D eigenvalue weighted by Crippen LogP contribution is -2.28. The number of anilines is 1. The average molecular weight is 457 g/mol. The summed E-state index contributed by atoms with van der Waals surface area (Å²) in [6, 6.07) is 10.3. The van der Waals surface area contributed by atoms with Crippen molar-refractivity contribution in [1.29, 1.82) is 0 Å². The zero-order valence-corrected chi connectivity index (χ0v) is 17.6. The summed E-state index contributed by atoms with van der Waals surface area (Å²) >= 11 is 12.0. The van der Waals surface area contributed by atoms with Crippen LogP contribution < -0.4 is 5.32 Å². The predicted octanol–water partition coefficient (Wildman–Crippen LogP) is 3.57. The summed E-state index contributed by atoms with van der Waals surface area (Å²) in [7, 11) is -3.66. The highest BCUT2D eigenvalue weighted by Crippen LogP contribution is 2.29. The van der Waals surface area contributed by atoms with Crippen LogP contribution >= 0.6 is 23.2 Å². The molecule has 1 saturated heterocycles. The second-order valence-corrected chi connectivity index (χ2v) is 9.11. The first-order chi connectivity index (χ1) is 13.8. The summed E-state index contributed by atoms with van der Waals surface area (Å²) < 4.78 is 31.6. The molecule has 7 nitrogen and oxygen atoms in total. The largest absolute Gasteiger partial charge is 0.452 e. The van der Waals surface area contributed by atoms with Crippen molar-refractivity contribution in [1.82, 2.24) is 4.31 Å². The molecule has 0 aliphatic carbocycles. The second kappa shape index (κ2) is 9.13. The Morgan fingerprint density at radius 3 is 2.31 bits per heavy atom. The molecular weight excluding hydrogens is 439 g/mol. The van der Waals surface area contributed by atoms with Crippen LogP contribution in [0.1, 0.15) is 23.2 Å². The third-order valence-corrected chi connectivity index (χ3v) is 6.86. The molecule has 1 N–H and O–H groups in total. The summed E-state index contributed by atoms with van der Waals surface area (Å²) in [6.45, 7) is 0.340. The number of sulfonamides is 1. The van der Waals surface area contributed by atoms with Gasteiger partial charge in [-0.3, -0.25) is 4.79 Å². The van der Waals surface area contributed by atoms with Gasteiger partial charge >= 0.3 is 5.97 Å². The van der Waals surface area contributed by atoms with Crippen LogP contribution in [0.25, 0.3) is 0 Å². The highest BCUT2D eigenvalue weighted by atomic mass is 35.5. The van der Waals surface area contributed by atoms with Crippen LogP contribution in [0, 0.1) is 0 Å². The highest BCUT2D eigenvalue weighted by Gasteiger charge is 2.27. The van der Waals surface area contributed by atoms with Crippen molar-refractivity contribution in [2.24, 2.45) is 0 Å². The predicted molar refractivity (Wildman–Crippen MR) is 110 cm³/mol. The number of nitrogens with one attached hydrogen (secondary N) is 1. The molecule has 2 aromatic rings. The number of halogens is 2. The monoisotopic (exact) mass is 456 g/mol. The number of hydrogen-bond donors (Lipinski definition) is 1. The van der Waals surface area contributed by atoms with Gasteiger partial charge in [0, 0.05) is 13.1 Å². The molecule has 1 aliphatic rings. The number of hydrogen-bond acceptors (Lipinski definition) is 5. The van der Waals surface area contributed by atoms with Crippen molar-refractivity contribution >= 4 is 50.8 Å². The number of esters is 1. The minimum Gasteiger partial charge on any atom is -0.452 e. The number of rotatable bonds is 6. The fourth-order valence-electron chi connectivity index (χ4n) is 2.87. The van der Waals surface area contributed by atoms with E-state index in [9.17, 15) is 18.0 Å². The Morgan fingerprint density at radius 2 is 1.66 bits per heavy atom. The number of benzene rings is 2. The van der Waals surface area contributed by atoms with Gasteiger partial charge in [0.1, 0.15) is 0 Å². The average Bonchev–Trinajstić information content (AvgIpc) is 3.25. The molecule has 0 bridgehead atoms. The molecular formula is C19H18Cl2N2O5S. The first-order valence-electron chi connectivity index (χ1n) is 8.80. The van der Waals surface area contributed by atoms with E-state index in [1.807, 2.05) is 0 Å². The Balaban J connectivity index is 1.64. The van der Waals surface area contributed by atoms with Crippen molar-refractivity contribution in [3.05, 3.63) is 58.1 Å². The lowest BCUT2D eigenvalue weighted by molar-refractivity contribution is -0.119. The second-order valence-electron chi connectivity index (χ2n) is 6.36. The van der Waals surface area contributed by atoms with E-state index in [1.54, 1.807) is 18.2 Å². The number of ether oxygens (including phenoxy) is 1.